The van der Waals surface area contributed by atoms with E-state index in [1.54, 1.807) is 18.2 Å². The van der Waals surface area contributed by atoms with Gasteiger partial charge in [-0.25, -0.2) is 13.4 Å². The van der Waals surface area contributed by atoms with E-state index >= 15 is 0 Å². The number of sulfonamides is 1. The first kappa shape index (κ1) is 26.6. The SMILES string of the molecule is CC(C)(c1ccc(OCc2ccnc(NS(C)(=O)=O)c2)cc1)c1cc(Cl)c(OCCCl)c(C#N)c1. The van der Waals surface area contributed by atoms with E-state index in [1.807, 2.05) is 44.2 Å². The van der Waals surface area contributed by atoms with Crippen LogP contribution in [-0.4, -0.2) is 32.1 Å². The van der Waals surface area contributed by atoms with Crippen LogP contribution < -0.4 is 14.2 Å². The van der Waals surface area contributed by atoms with Gasteiger partial charge in [0.2, 0.25) is 10.0 Å². The molecule has 10 heteroatoms. The van der Waals surface area contributed by atoms with Gasteiger partial charge in [-0.3, -0.25) is 4.72 Å². The molecule has 2 aromatic carbocycles. The Labute approximate surface area is 215 Å². The van der Waals surface area contributed by atoms with Gasteiger partial charge < -0.3 is 9.47 Å². The number of nitrogens with zero attached hydrogens (tertiary/aromatic N) is 2. The largest absolute Gasteiger partial charge is 0.489 e. The molecule has 0 saturated heterocycles. The Hall–Kier alpha value is -2.99. The van der Waals surface area contributed by atoms with Crippen molar-refractivity contribution in [3.05, 3.63) is 82.0 Å². The molecular formula is C25H25Cl2N3O4S. The lowest BCUT2D eigenvalue weighted by Crippen LogP contribution is -2.19. The number of aromatic nitrogens is 1. The standard InChI is InChI=1S/C25H25Cl2N3O4S/c1-25(2,20-13-18(15-28)24(22(27)14-20)33-11-9-26)19-4-6-21(7-5-19)34-16-17-8-10-29-23(12-17)30-35(3,31)32/h4-8,10,12-14H,9,11,16H2,1-3H3,(H,29,30). The Bertz CT molecular complexity index is 1340. The maximum atomic E-state index is 11.4. The van der Waals surface area contributed by atoms with Crippen LogP contribution in [-0.2, 0) is 22.0 Å². The lowest BCUT2D eigenvalue weighted by molar-refractivity contribution is 0.306. The molecule has 0 bridgehead atoms. The molecule has 3 rings (SSSR count). The number of ether oxygens (including phenoxy) is 2. The summed E-state index contributed by atoms with van der Waals surface area (Å²) in [5, 5.41) is 9.95. The first-order valence-corrected chi connectivity index (χ1v) is 13.4. The molecule has 3 aromatic rings. The molecular weight excluding hydrogens is 509 g/mol. The Kier molecular flexibility index (Phi) is 8.49. The van der Waals surface area contributed by atoms with Gasteiger partial charge in [0.15, 0.2) is 5.75 Å². The molecule has 184 valence electrons. The van der Waals surface area contributed by atoms with Gasteiger partial charge in [-0.05, 0) is 53.1 Å². The van der Waals surface area contributed by atoms with E-state index in [1.165, 1.54) is 6.20 Å². The number of hydrogen-bond donors (Lipinski definition) is 1. The number of anilines is 1. The second-order valence-electron chi connectivity index (χ2n) is 8.35. The molecule has 0 unspecified atom stereocenters. The van der Waals surface area contributed by atoms with Crippen LogP contribution in [0.15, 0.2) is 54.7 Å². The zero-order valence-corrected chi connectivity index (χ0v) is 21.8. The van der Waals surface area contributed by atoms with Crippen molar-refractivity contribution in [2.24, 2.45) is 0 Å². The summed E-state index contributed by atoms with van der Waals surface area (Å²) < 4.78 is 36.6. The monoisotopic (exact) mass is 533 g/mol. The van der Waals surface area contributed by atoms with E-state index in [0.29, 0.717) is 28.0 Å². The van der Waals surface area contributed by atoms with Crippen molar-refractivity contribution in [1.82, 2.24) is 4.98 Å². The zero-order chi connectivity index (χ0) is 25.6. The summed E-state index contributed by atoms with van der Waals surface area (Å²) in [6.45, 7) is 4.59. The molecule has 0 spiro atoms. The Morgan fingerprint density at radius 3 is 2.43 bits per heavy atom. The topological polar surface area (TPSA) is 101 Å². The molecule has 0 aliphatic heterocycles. The van der Waals surface area contributed by atoms with E-state index in [2.05, 4.69) is 15.8 Å². The number of rotatable bonds is 10. The van der Waals surface area contributed by atoms with E-state index in [0.717, 1.165) is 22.9 Å². The molecule has 0 aliphatic carbocycles. The number of pyridine rings is 1. The molecule has 0 aliphatic rings. The average Bonchev–Trinajstić information content (AvgIpc) is 2.81. The summed E-state index contributed by atoms with van der Waals surface area (Å²) in [5.41, 5.74) is 2.55. The first-order chi connectivity index (χ1) is 16.5. The maximum Gasteiger partial charge on any atom is 0.230 e. The van der Waals surface area contributed by atoms with Gasteiger partial charge in [-0.2, -0.15) is 5.26 Å². The van der Waals surface area contributed by atoms with Crippen molar-refractivity contribution in [3.8, 4) is 17.6 Å². The van der Waals surface area contributed by atoms with Crippen LogP contribution in [0.3, 0.4) is 0 Å². The smallest absolute Gasteiger partial charge is 0.230 e. The minimum absolute atomic E-state index is 0.236. The average molecular weight is 534 g/mol. The molecule has 7 nitrogen and oxygen atoms in total. The van der Waals surface area contributed by atoms with Gasteiger partial charge in [-0.1, -0.05) is 37.6 Å². The van der Waals surface area contributed by atoms with Crippen LogP contribution in [0, 0.1) is 11.3 Å². The molecule has 0 atom stereocenters. The lowest BCUT2D eigenvalue weighted by Gasteiger charge is -2.27. The number of alkyl halides is 1. The predicted octanol–water partition coefficient (Wildman–Crippen LogP) is 5.50. The minimum Gasteiger partial charge on any atom is -0.489 e. The van der Waals surface area contributed by atoms with Crippen molar-refractivity contribution in [2.45, 2.75) is 25.9 Å². The fourth-order valence-electron chi connectivity index (χ4n) is 3.44. The molecule has 0 fully saturated rings. The summed E-state index contributed by atoms with van der Waals surface area (Å²) in [6, 6.07) is 16.7. The normalized spacial score (nSPS) is 11.5. The van der Waals surface area contributed by atoms with E-state index in [9.17, 15) is 13.7 Å². The minimum atomic E-state index is -3.41. The molecule has 0 radical (unpaired) electrons. The Balaban J connectivity index is 1.75. The third-order valence-corrected chi connectivity index (χ3v) is 6.32. The summed E-state index contributed by atoms with van der Waals surface area (Å²) in [5.74, 6) is 1.52. The van der Waals surface area contributed by atoms with Crippen LogP contribution in [0.4, 0.5) is 5.82 Å². The summed E-state index contributed by atoms with van der Waals surface area (Å²) >= 11 is 12.1. The number of benzene rings is 2. The predicted molar refractivity (Wildman–Crippen MR) is 138 cm³/mol. The second-order valence-corrected chi connectivity index (χ2v) is 10.9. The molecule has 0 saturated carbocycles. The van der Waals surface area contributed by atoms with Gasteiger partial charge in [0.25, 0.3) is 0 Å². The fourth-order valence-corrected chi connectivity index (χ4v) is 4.28. The van der Waals surface area contributed by atoms with Gasteiger partial charge in [0.05, 0.1) is 22.7 Å². The third kappa shape index (κ3) is 7.01. The highest BCUT2D eigenvalue weighted by molar-refractivity contribution is 7.92. The first-order valence-electron chi connectivity index (χ1n) is 10.6. The van der Waals surface area contributed by atoms with Gasteiger partial charge in [0, 0.05) is 11.6 Å². The molecule has 1 heterocycles. The Morgan fingerprint density at radius 1 is 1.09 bits per heavy atom. The van der Waals surface area contributed by atoms with Crippen LogP contribution in [0.5, 0.6) is 11.5 Å². The van der Waals surface area contributed by atoms with E-state index < -0.39 is 15.4 Å². The maximum absolute atomic E-state index is 11.4. The van der Waals surface area contributed by atoms with Gasteiger partial charge in [-0.15, -0.1) is 11.6 Å². The quantitative estimate of drug-likeness (QED) is 0.345. The van der Waals surface area contributed by atoms with Crippen molar-refractivity contribution < 1.29 is 17.9 Å². The van der Waals surface area contributed by atoms with Crippen LogP contribution >= 0.6 is 23.2 Å². The van der Waals surface area contributed by atoms with Crippen LogP contribution in [0.1, 0.15) is 36.1 Å². The number of halogens is 2. The van der Waals surface area contributed by atoms with Crippen molar-refractivity contribution >= 4 is 39.0 Å². The van der Waals surface area contributed by atoms with Crippen LogP contribution in [0.2, 0.25) is 5.02 Å². The van der Waals surface area contributed by atoms with Gasteiger partial charge >= 0.3 is 0 Å². The van der Waals surface area contributed by atoms with E-state index in [-0.39, 0.29) is 19.0 Å². The highest BCUT2D eigenvalue weighted by atomic mass is 35.5. The summed E-state index contributed by atoms with van der Waals surface area (Å²) in [4.78, 5) is 4.00. The molecule has 1 aromatic heterocycles. The number of nitriles is 1. The second kappa shape index (κ2) is 11.2. The van der Waals surface area contributed by atoms with Crippen molar-refractivity contribution in [2.75, 3.05) is 23.5 Å². The Morgan fingerprint density at radius 2 is 1.80 bits per heavy atom. The summed E-state index contributed by atoms with van der Waals surface area (Å²) in [6.07, 6.45) is 2.59. The molecule has 1 N–H and O–H groups in total. The zero-order valence-electron chi connectivity index (χ0n) is 19.5. The number of hydrogen-bond acceptors (Lipinski definition) is 6. The molecule has 35 heavy (non-hydrogen) atoms. The highest BCUT2D eigenvalue weighted by Gasteiger charge is 2.26. The molecule has 0 amide bonds. The van der Waals surface area contributed by atoms with Crippen LogP contribution in [0.25, 0.3) is 0 Å². The van der Waals surface area contributed by atoms with Gasteiger partial charge in [0.1, 0.15) is 30.9 Å². The third-order valence-electron chi connectivity index (χ3n) is 5.31. The lowest BCUT2D eigenvalue weighted by atomic mass is 9.77. The highest BCUT2D eigenvalue weighted by Crippen LogP contribution is 2.38. The number of nitrogens with one attached hydrogen (secondary N) is 1. The summed E-state index contributed by atoms with van der Waals surface area (Å²) in [7, 11) is -3.41. The van der Waals surface area contributed by atoms with Crippen molar-refractivity contribution in [1.29, 1.82) is 5.26 Å². The fraction of sp³-hybridized carbons (Fsp3) is 0.280. The van der Waals surface area contributed by atoms with E-state index in [4.69, 9.17) is 32.7 Å². The van der Waals surface area contributed by atoms with Crippen molar-refractivity contribution in [3.63, 3.8) is 0 Å².